The SMILES string of the molecule is Cn1c(CNc2ccc(F)cc2)nnc1SCCN1CCOCC1. The molecule has 1 aliphatic heterocycles. The van der Waals surface area contributed by atoms with Gasteiger partial charge in [-0.15, -0.1) is 10.2 Å². The van der Waals surface area contributed by atoms with Gasteiger partial charge in [-0.25, -0.2) is 4.39 Å². The molecule has 1 aromatic carbocycles. The first-order chi connectivity index (χ1) is 11.7. The van der Waals surface area contributed by atoms with Crippen LogP contribution in [0.4, 0.5) is 10.1 Å². The van der Waals surface area contributed by atoms with E-state index in [9.17, 15) is 4.39 Å². The summed E-state index contributed by atoms with van der Waals surface area (Å²) in [5.41, 5.74) is 0.862. The summed E-state index contributed by atoms with van der Waals surface area (Å²) in [6.45, 7) is 5.25. The third-order valence-corrected chi connectivity index (χ3v) is 4.96. The van der Waals surface area contributed by atoms with E-state index in [1.54, 1.807) is 23.9 Å². The van der Waals surface area contributed by atoms with E-state index in [4.69, 9.17) is 4.74 Å². The lowest BCUT2D eigenvalue weighted by Crippen LogP contribution is -2.37. The molecule has 0 atom stereocenters. The van der Waals surface area contributed by atoms with Gasteiger partial charge >= 0.3 is 0 Å². The number of thioether (sulfide) groups is 1. The molecule has 0 radical (unpaired) electrons. The van der Waals surface area contributed by atoms with E-state index in [2.05, 4.69) is 20.4 Å². The third-order valence-electron chi connectivity index (χ3n) is 3.96. The highest BCUT2D eigenvalue weighted by Gasteiger charge is 2.12. The number of nitrogens with one attached hydrogen (secondary N) is 1. The van der Waals surface area contributed by atoms with Crippen molar-refractivity contribution in [2.45, 2.75) is 11.7 Å². The average Bonchev–Trinajstić information content (AvgIpc) is 2.96. The van der Waals surface area contributed by atoms with Crippen LogP contribution in [0.5, 0.6) is 0 Å². The van der Waals surface area contributed by atoms with Crippen molar-refractivity contribution in [3.05, 3.63) is 35.9 Å². The molecular formula is C16H22FN5OS. The molecular weight excluding hydrogens is 329 g/mol. The van der Waals surface area contributed by atoms with Gasteiger partial charge in [0.25, 0.3) is 0 Å². The summed E-state index contributed by atoms with van der Waals surface area (Å²) < 4.78 is 20.3. The Balaban J connectivity index is 1.47. The summed E-state index contributed by atoms with van der Waals surface area (Å²) in [7, 11) is 1.97. The van der Waals surface area contributed by atoms with Crippen LogP contribution in [0.2, 0.25) is 0 Å². The zero-order chi connectivity index (χ0) is 16.8. The van der Waals surface area contributed by atoms with E-state index in [0.29, 0.717) is 6.54 Å². The Morgan fingerprint density at radius 1 is 1.21 bits per heavy atom. The van der Waals surface area contributed by atoms with Crippen molar-refractivity contribution in [1.82, 2.24) is 19.7 Å². The van der Waals surface area contributed by atoms with E-state index >= 15 is 0 Å². The van der Waals surface area contributed by atoms with Gasteiger partial charge in [0.2, 0.25) is 0 Å². The number of hydrogen-bond acceptors (Lipinski definition) is 6. The largest absolute Gasteiger partial charge is 0.379 e. The van der Waals surface area contributed by atoms with Crippen molar-refractivity contribution in [1.29, 1.82) is 0 Å². The quantitative estimate of drug-likeness (QED) is 0.770. The second-order valence-electron chi connectivity index (χ2n) is 5.62. The molecule has 1 fully saturated rings. The minimum atomic E-state index is -0.238. The molecule has 0 saturated carbocycles. The maximum atomic E-state index is 12.9. The molecule has 8 heteroatoms. The second-order valence-corrected chi connectivity index (χ2v) is 6.68. The Bertz CT molecular complexity index is 642. The fourth-order valence-electron chi connectivity index (χ4n) is 2.46. The van der Waals surface area contributed by atoms with E-state index in [1.165, 1.54) is 12.1 Å². The number of hydrogen-bond donors (Lipinski definition) is 1. The normalized spacial score (nSPS) is 15.6. The van der Waals surface area contributed by atoms with E-state index in [0.717, 1.165) is 55.3 Å². The van der Waals surface area contributed by atoms with Crippen LogP contribution in [0.15, 0.2) is 29.4 Å². The minimum Gasteiger partial charge on any atom is -0.379 e. The third kappa shape index (κ3) is 4.68. The Hall–Kier alpha value is -1.64. The highest BCUT2D eigenvalue weighted by atomic mass is 32.2. The molecule has 1 N–H and O–H groups in total. The lowest BCUT2D eigenvalue weighted by atomic mass is 10.3. The van der Waals surface area contributed by atoms with E-state index < -0.39 is 0 Å². The van der Waals surface area contributed by atoms with Crippen molar-refractivity contribution in [3.63, 3.8) is 0 Å². The van der Waals surface area contributed by atoms with Gasteiger partial charge in [0.05, 0.1) is 19.8 Å². The van der Waals surface area contributed by atoms with Crippen molar-refractivity contribution < 1.29 is 9.13 Å². The molecule has 3 rings (SSSR count). The summed E-state index contributed by atoms with van der Waals surface area (Å²) in [6.07, 6.45) is 0. The van der Waals surface area contributed by atoms with Gasteiger partial charge in [0.15, 0.2) is 11.0 Å². The second kappa shape index (κ2) is 8.46. The van der Waals surface area contributed by atoms with Crippen LogP contribution in [0.3, 0.4) is 0 Å². The topological polar surface area (TPSA) is 55.2 Å². The number of aromatic nitrogens is 3. The van der Waals surface area contributed by atoms with Crippen LogP contribution in [-0.2, 0) is 18.3 Å². The van der Waals surface area contributed by atoms with Gasteiger partial charge < -0.3 is 14.6 Å². The molecule has 1 aromatic heterocycles. The predicted octanol–water partition coefficient (Wildman–Crippen LogP) is 1.99. The van der Waals surface area contributed by atoms with Crippen molar-refractivity contribution in [2.24, 2.45) is 7.05 Å². The molecule has 0 amide bonds. The number of benzene rings is 1. The number of morpholine rings is 1. The Labute approximate surface area is 145 Å². The molecule has 1 saturated heterocycles. The Kier molecular flexibility index (Phi) is 6.06. The zero-order valence-electron chi connectivity index (χ0n) is 13.7. The molecule has 6 nitrogen and oxygen atoms in total. The summed E-state index contributed by atoms with van der Waals surface area (Å²) in [4.78, 5) is 2.41. The molecule has 0 bridgehead atoms. The maximum absolute atomic E-state index is 12.9. The van der Waals surface area contributed by atoms with Crippen LogP contribution in [0.1, 0.15) is 5.82 Å². The number of rotatable bonds is 7. The van der Waals surface area contributed by atoms with E-state index in [1.807, 2.05) is 11.6 Å². The van der Waals surface area contributed by atoms with Crippen LogP contribution in [0, 0.1) is 5.82 Å². The van der Waals surface area contributed by atoms with E-state index in [-0.39, 0.29) is 5.82 Å². The van der Waals surface area contributed by atoms with Crippen molar-refractivity contribution >= 4 is 17.4 Å². The molecule has 130 valence electrons. The van der Waals surface area contributed by atoms with Crippen LogP contribution in [-0.4, -0.2) is 58.3 Å². The molecule has 0 aliphatic carbocycles. The lowest BCUT2D eigenvalue weighted by Gasteiger charge is -2.26. The summed E-state index contributed by atoms with van der Waals surface area (Å²) in [5.74, 6) is 1.60. The fourth-order valence-corrected chi connectivity index (χ4v) is 3.39. The Morgan fingerprint density at radius 2 is 1.96 bits per heavy atom. The smallest absolute Gasteiger partial charge is 0.191 e. The highest BCUT2D eigenvalue weighted by molar-refractivity contribution is 7.99. The molecule has 0 spiro atoms. The first-order valence-corrected chi connectivity index (χ1v) is 9.01. The standard InChI is InChI=1S/C16H22FN5OS/c1-21-15(12-18-14-4-2-13(17)3-5-14)19-20-16(21)24-11-8-22-6-9-23-10-7-22/h2-5,18H,6-12H2,1H3. The van der Waals surface area contributed by atoms with Crippen LogP contribution in [0.25, 0.3) is 0 Å². The highest BCUT2D eigenvalue weighted by Crippen LogP contribution is 2.17. The monoisotopic (exact) mass is 351 g/mol. The van der Waals surface area contributed by atoms with Gasteiger partial charge in [-0.2, -0.15) is 0 Å². The summed E-state index contributed by atoms with van der Waals surface area (Å²) >= 11 is 1.71. The van der Waals surface area contributed by atoms with Crippen molar-refractivity contribution in [3.8, 4) is 0 Å². The van der Waals surface area contributed by atoms with Gasteiger partial charge in [0.1, 0.15) is 5.82 Å². The predicted molar refractivity (Wildman–Crippen MR) is 92.7 cm³/mol. The summed E-state index contributed by atoms with van der Waals surface area (Å²) in [6, 6.07) is 6.30. The molecule has 2 aromatic rings. The first kappa shape index (κ1) is 17.2. The van der Waals surface area contributed by atoms with Gasteiger partial charge in [0, 0.05) is 38.1 Å². The molecule has 24 heavy (non-hydrogen) atoms. The lowest BCUT2D eigenvalue weighted by molar-refractivity contribution is 0.0410. The number of ether oxygens (including phenoxy) is 1. The fraction of sp³-hybridized carbons (Fsp3) is 0.500. The van der Waals surface area contributed by atoms with Crippen LogP contribution >= 0.6 is 11.8 Å². The molecule has 2 heterocycles. The molecule has 1 aliphatic rings. The first-order valence-electron chi connectivity index (χ1n) is 8.03. The van der Waals surface area contributed by atoms with Gasteiger partial charge in [-0.1, -0.05) is 11.8 Å². The maximum Gasteiger partial charge on any atom is 0.191 e. The minimum absolute atomic E-state index is 0.238. The number of halogens is 1. The van der Waals surface area contributed by atoms with Crippen LogP contribution < -0.4 is 5.32 Å². The average molecular weight is 351 g/mol. The van der Waals surface area contributed by atoms with Crippen molar-refractivity contribution in [2.75, 3.05) is 43.9 Å². The number of nitrogens with zero attached hydrogens (tertiary/aromatic N) is 4. The molecule has 0 unspecified atom stereocenters. The zero-order valence-corrected chi connectivity index (χ0v) is 14.6. The van der Waals surface area contributed by atoms with Gasteiger partial charge in [-0.3, -0.25) is 4.90 Å². The summed E-state index contributed by atoms with van der Waals surface area (Å²) in [5, 5.41) is 12.6. The number of anilines is 1. The van der Waals surface area contributed by atoms with Gasteiger partial charge in [-0.05, 0) is 24.3 Å². The Morgan fingerprint density at radius 3 is 2.71 bits per heavy atom.